The maximum absolute atomic E-state index is 11.8. The van der Waals surface area contributed by atoms with Crippen molar-refractivity contribution in [1.29, 1.82) is 0 Å². The zero-order valence-electron chi connectivity index (χ0n) is 12.0. The van der Waals surface area contributed by atoms with Gasteiger partial charge in [0.25, 0.3) is 0 Å². The van der Waals surface area contributed by atoms with Gasteiger partial charge in [-0.3, -0.25) is 9.79 Å². The van der Waals surface area contributed by atoms with Crippen LogP contribution in [0.25, 0.3) is 0 Å². The Kier molecular flexibility index (Phi) is 5.05. The van der Waals surface area contributed by atoms with Crippen molar-refractivity contribution in [2.75, 3.05) is 33.3 Å². The molecular formula is C14H25N3O2. The quantitative estimate of drug-likeness (QED) is 0.473. The first-order chi connectivity index (χ1) is 9.24. The SMILES string of the molecule is CCOC(=O)C1CCCN(C(=NC)NCC2CC2)C1. The van der Waals surface area contributed by atoms with Gasteiger partial charge in [0, 0.05) is 26.7 Å². The van der Waals surface area contributed by atoms with Gasteiger partial charge in [-0.1, -0.05) is 0 Å². The number of guanidine groups is 1. The Labute approximate surface area is 115 Å². The first-order valence-electron chi connectivity index (χ1n) is 7.36. The molecule has 1 atom stereocenters. The minimum Gasteiger partial charge on any atom is -0.466 e. The highest BCUT2D eigenvalue weighted by Gasteiger charge is 2.29. The zero-order valence-corrected chi connectivity index (χ0v) is 12.0. The molecule has 108 valence electrons. The molecule has 2 fully saturated rings. The standard InChI is InChI=1S/C14H25N3O2/c1-3-19-13(18)12-5-4-8-17(10-12)14(15-2)16-9-11-6-7-11/h11-12H,3-10H2,1-2H3,(H,15,16). The maximum Gasteiger partial charge on any atom is 0.310 e. The van der Waals surface area contributed by atoms with Crippen LogP contribution < -0.4 is 5.32 Å². The number of aliphatic imine (C=N–C) groups is 1. The number of hydrogen-bond acceptors (Lipinski definition) is 3. The zero-order chi connectivity index (χ0) is 13.7. The summed E-state index contributed by atoms with van der Waals surface area (Å²) in [5, 5.41) is 3.42. The molecule has 1 heterocycles. The van der Waals surface area contributed by atoms with E-state index in [-0.39, 0.29) is 11.9 Å². The molecule has 5 heteroatoms. The molecule has 0 aromatic carbocycles. The van der Waals surface area contributed by atoms with Crippen LogP contribution in [-0.2, 0) is 9.53 Å². The van der Waals surface area contributed by atoms with Crippen LogP contribution >= 0.6 is 0 Å². The van der Waals surface area contributed by atoms with Gasteiger partial charge in [0.15, 0.2) is 5.96 Å². The molecular weight excluding hydrogens is 242 g/mol. The summed E-state index contributed by atoms with van der Waals surface area (Å²) in [5.41, 5.74) is 0. The summed E-state index contributed by atoms with van der Waals surface area (Å²) < 4.78 is 5.13. The third-order valence-corrected chi connectivity index (χ3v) is 3.80. The van der Waals surface area contributed by atoms with Crippen molar-refractivity contribution in [3.63, 3.8) is 0 Å². The predicted molar refractivity (Wildman–Crippen MR) is 75.0 cm³/mol. The fourth-order valence-corrected chi connectivity index (χ4v) is 2.51. The molecule has 0 amide bonds. The van der Waals surface area contributed by atoms with Crippen molar-refractivity contribution < 1.29 is 9.53 Å². The van der Waals surface area contributed by atoms with E-state index in [1.807, 2.05) is 14.0 Å². The molecule has 1 saturated heterocycles. The van der Waals surface area contributed by atoms with E-state index in [1.54, 1.807) is 0 Å². The Morgan fingerprint density at radius 1 is 1.42 bits per heavy atom. The molecule has 0 aromatic rings. The molecule has 1 unspecified atom stereocenters. The number of nitrogens with zero attached hydrogens (tertiary/aromatic N) is 2. The van der Waals surface area contributed by atoms with E-state index < -0.39 is 0 Å². The van der Waals surface area contributed by atoms with E-state index in [2.05, 4.69) is 15.2 Å². The summed E-state index contributed by atoms with van der Waals surface area (Å²) in [4.78, 5) is 18.3. The highest BCUT2D eigenvalue weighted by atomic mass is 16.5. The summed E-state index contributed by atoms with van der Waals surface area (Å²) in [7, 11) is 1.81. The molecule has 5 nitrogen and oxygen atoms in total. The third kappa shape index (κ3) is 4.11. The number of esters is 1. The maximum atomic E-state index is 11.8. The predicted octanol–water partition coefficient (Wildman–Crippen LogP) is 1.25. The highest BCUT2D eigenvalue weighted by molar-refractivity contribution is 5.81. The smallest absolute Gasteiger partial charge is 0.310 e. The average Bonchev–Trinajstić information content (AvgIpc) is 3.24. The Balaban J connectivity index is 1.85. The van der Waals surface area contributed by atoms with Gasteiger partial charge < -0.3 is 15.0 Å². The monoisotopic (exact) mass is 267 g/mol. The van der Waals surface area contributed by atoms with Crippen molar-refractivity contribution in [3.8, 4) is 0 Å². The molecule has 1 aliphatic heterocycles. The second-order valence-corrected chi connectivity index (χ2v) is 5.41. The minimum absolute atomic E-state index is 0.00632. The van der Waals surface area contributed by atoms with Crippen molar-refractivity contribution in [3.05, 3.63) is 0 Å². The lowest BCUT2D eigenvalue weighted by Crippen LogP contribution is -2.48. The van der Waals surface area contributed by atoms with Gasteiger partial charge in [0.05, 0.1) is 12.5 Å². The van der Waals surface area contributed by atoms with Gasteiger partial charge >= 0.3 is 5.97 Å². The Bertz CT molecular complexity index is 340. The van der Waals surface area contributed by atoms with Gasteiger partial charge in [-0.05, 0) is 38.5 Å². The van der Waals surface area contributed by atoms with Gasteiger partial charge in [0.2, 0.25) is 0 Å². The van der Waals surface area contributed by atoms with E-state index in [0.717, 1.165) is 44.4 Å². The number of carbonyl (C=O) groups excluding carboxylic acids is 1. The van der Waals surface area contributed by atoms with Crippen LogP contribution in [0.1, 0.15) is 32.6 Å². The molecule has 0 bridgehead atoms. The molecule has 2 rings (SSSR count). The molecule has 2 aliphatic rings. The van der Waals surface area contributed by atoms with Crippen molar-refractivity contribution in [2.24, 2.45) is 16.8 Å². The van der Waals surface area contributed by atoms with E-state index in [1.165, 1.54) is 12.8 Å². The minimum atomic E-state index is -0.0650. The number of hydrogen-bond donors (Lipinski definition) is 1. The normalized spacial score (nSPS) is 24.2. The summed E-state index contributed by atoms with van der Waals surface area (Å²) in [6.07, 6.45) is 4.60. The topological polar surface area (TPSA) is 53.9 Å². The Morgan fingerprint density at radius 3 is 2.84 bits per heavy atom. The first-order valence-corrected chi connectivity index (χ1v) is 7.36. The van der Waals surface area contributed by atoms with E-state index in [0.29, 0.717) is 6.61 Å². The molecule has 1 aliphatic carbocycles. The summed E-state index contributed by atoms with van der Waals surface area (Å²) in [5.74, 6) is 1.68. The van der Waals surface area contributed by atoms with E-state index in [9.17, 15) is 4.79 Å². The van der Waals surface area contributed by atoms with Crippen molar-refractivity contribution in [2.45, 2.75) is 32.6 Å². The molecule has 0 aromatic heterocycles. The second-order valence-electron chi connectivity index (χ2n) is 5.41. The van der Waals surface area contributed by atoms with Gasteiger partial charge in [-0.25, -0.2) is 0 Å². The van der Waals surface area contributed by atoms with Gasteiger partial charge in [-0.2, -0.15) is 0 Å². The van der Waals surface area contributed by atoms with E-state index >= 15 is 0 Å². The summed E-state index contributed by atoms with van der Waals surface area (Å²) in [6, 6.07) is 0. The largest absolute Gasteiger partial charge is 0.466 e. The molecule has 19 heavy (non-hydrogen) atoms. The van der Waals surface area contributed by atoms with Gasteiger partial charge in [0.1, 0.15) is 0 Å². The lowest BCUT2D eigenvalue weighted by molar-refractivity contribution is -0.149. The number of ether oxygens (including phenoxy) is 1. The van der Waals surface area contributed by atoms with Crippen LogP contribution in [0.3, 0.4) is 0 Å². The number of carbonyl (C=O) groups is 1. The van der Waals surface area contributed by atoms with Crippen LogP contribution in [0.5, 0.6) is 0 Å². The number of nitrogens with one attached hydrogen (secondary N) is 1. The summed E-state index contributed by atoms with van der Waals surface area (Å²) in [6.45, 7) is 5.02. The fourth-order valence-electron chi connectivity index (χ4n) is 2.51. The van der Waals surface area contributed by atoms with Crippen LogP contribution in [0.15, 0.2) is 4.99 Å². The Hall–Kier alpha value is -1.26. The second kappa shape index (κ2) is 6.78. The lowest BCUT2D eigenvalue weighted by atomic mass is 9.98. The first kappa shape index (κ1) is 14.2. The summed E-state index contributed by atoms with van der Waals surface area (Å²) >= 11 is 0. The molecule has 0 spiro atoms. The molecule has 1 saturated carbocycles. The van der Waals surface area contributed by atoms with Crippen LogP contribution in [0.4, 0.5) is 0 Å². The van der Waals surface area contributed by atoms with Crippen molar-refractivity contribution >= 4 is 11.9 Å². The number of likely N-dealkylation sites (tertiary alicyclic amines) is 1. The van der Waals surface area contributed by atoms with Crippen LogP contribution in [0, 0.1) is 11.8 Å². The number of piperidine rings is 1. The van der Waals surface area contributed by atoms with Gasteiger partial charge in [-0.15, -0.1) is 0 Å². The molecule has 0 radical (unpaired) electrons. The van der Waals surface area contributed by atoms with Crippen LogP contribution in [-0.4, -0.2) is 50.1 Å². The van der Waals surface area contributed by atoms with E-state index in [4.69, 9.17) is 4.74 Å². The third-order valence-electron chi connectivity index (χ3n) is 3.80. The lowest BCUT2D eigenvalue weighted by Gasteiger charge is -2.33. The molecule has 1 N–H and O–H groups in total. The fraction of sp³-hybridized carbons (Fsp3) is 0.857. The Morgan fingerprint density at radius 2 is 2.21 bits per heavy atom. The van der Waals surface area contributed by atoms with Crippen LogP contribution in [0.2, 0.25) is 0 Å². The number of rotatable bonds is 4. The highest BCUT2D eigenvalue weighted by Crippen LogP contribution is 2.27. The van der Waals surface area contributed by atoms with Crippen molar-refractivity contribution in [1.82, 2.24) is 10.2 Å². The average molecular weight is 267 g/mol.